The van der Waals surface area contributed by atoms with Crippen LogP contribution in [0.3, 0.4) is 0 Å². The molecule has 0 saturated carbocycles. The first-order valence-electron chi connectivity index (χ1n) is 14.5. The number of hydrogen-bond acceptors (Lipinski definition) is 6. The standard InChI is InChI=1S/C38H26N6/c1-5-13-27(14-6-1)43(28-15-7-2-8-16-28)31-25-33-36-35(39-23-24-40-36)32-21-22-34(42-38(32)37(33)41-26-31)44(29-17-9-3-10-18-29)30-19-11-4-12-20-30/h1-26H. The number of pyridine rings is 2. The molecule has 6 nitrogen and oxygen atoms in total. The Labute approximate surface area is 254 Å². The van der Waals surface area contributed by atoms with Gasteiger partial charge in [0.25, 0.3) is 0 Å². The molecule has 0 aliphatic rings. The molecule has 0 aliphatic heterocycles. The molecule has 3 heterocycles. The normalized spacial score (nSPS) is 11.2. The Morgan fingerprint density at radius 3 is 1.34 bits per heavy atom. The Bertz CT molecular complexity index is 2030. The van der Waals surface area contributed by atoms with Crippen molar-refractivity contribution in [1.82, 2.24) is 19.9 Å². The number of anilines is 6. The van der Waals surface area contributed by atoms with Crippen molar-refractivity contribution in [3.63, 3.8) is 0 Å². The molecule has 0 N–H and O–H groups in total. The van der Waals surface area contributed by atoms with Gasteiger partial charge >= 0.3 is 0 Å². The topological polar surface area (TPSA) is 58.0 Å². The van der Waals surface area contributed by atoms with Crippen molar-refractivity contribution < 1.29 is 0 Å². The molecule has 0 atom stereocenters. The maximum Gasteiger partial charge on any atom is 0.138 e. The second kappa shape index (κ2) is 10.9. The van der Waals surface area contributed by atoms with Crippen LogP contribution in [0.2, 0.25) is 0 Å². The van der Waals surface area contributed by atoms with Crippen molar-refractivity contribution in [2.24, 2.45) is 0 Å². The molecule has 3 aromatic heterocycles. The van der Waals surface area contributed by atoms with Gasteiger partial charge in [-0.05, 0) is 66.7 Å². The van der Waals surface area contributed by atoms with Crippen molar-refractivity contribution >= 4 is 67.1 Å². The summed E-state index contributed by atoms with van der Waals surface area (Å²) in [7, 11) is 0. The van der Waals surface area contributed by atoms with E-state index in [1.54, 1.807) is 12.4 Å². The molecule has 0 saturated heterocycles. The first kappa shape index (κ1) is 25.6. The molecule has 0 fully saturated rings. The Balaban J connectivity index is 1.38. The molecule has 6 heteroatoms. The smallest absolute Gasteiger partial charge is 0.138 e. The highest BCUT2D eigenvalue weighted by Gasteiger charge is 2.20. The maximum absolute atomic E-state index is 5.28. The molecule has 8 rings (SSSR count). The van der Waals surface area contributed by atoms with Gasteiger partial charge in [0.2, 0.25) is 0 Å². The monoisotopic (exact) mass is 566 g/mol. The van der Waals surface area contributed by atoms with Crippen LogP contribution in [0.4, 0.5) is 34.3 Å². The lowest BCUT2D eigenvalue weighted by Crippen LogP contribution is -2.12. The highest BCUT2D eigenvalue weighted by Crippen LogP contribution is 2.40. The third-order valence-corrected chi connectivity index (χ3v) is 7.73. The van der Waals surface area contributed by atoms with Crippen LogP contribution in [0, 0.1) is 0 Å². The average molecular weight is 567 g/mol. The van der Waals surface area contributed by atoms with Gasteiger partial charge in [-0.15, -0.1) is 0 Å². The Morgan fingerprint density at radius 1 is 0.364 bits per heavy atom. The van der Waals surface area contributed by atoms with Crippen molar-refractivity contribution in [3.05, 3.63) is 158 Å². The minimum atomic E-state index is 0.778. The number of benzene rings is 5. The summed E-state index contributed by atoms with van der Waals surface area (Å²) in [6.07, 6.45) is 5.39. The van der Waals surface area contributed by atoms with Gasteiger partial charge in [0.15, 0.2) is 0 Å². The van der Waals surface area contributed by atoms with E-state index in [1.165, 1.54) is 0 Å². The van der Waals surface area contributed by atoms with Crippen LogP contribution in [0.1, 0.15) is 0 Å². The van der Waals surface area contributed by atoms with Gasteiger partial charge in [0.1, 0.15) is 11.3 Å². The molecule has 208 valence electrons. The van der Waals surface area contributed by atoms with E-state index in [4.69, 9.17) is 19.9 Å². The van der Waals surface area contributed by atoms with E-state index in [1.807, 2.05) is 85.1 Å². The van der Waals surface area contributed by atoms with Crippen molar-refractivity contribution in [3.8, 4) is 0 Å². The summed E-state index contributed by atoms with van der Waals surface area (Å²) in [6.45, 7) is 0. The Morgan fingerprint density at radius 2 is 0.818 bits per heavy atom. The fourth-order valence-electron chi connectivity index (χ4n) is 5.79. The van der Waals surface area contributed by atoms with Crippen molar-refractivity contribution in [2.75, 3.05) is 9.80 Å². The fraction of sp³-hybridized carbons (Fsp3) is 0. The van der Waals surface area contributed by atoms with Gasteiger partial charge < -0.3 is 4.90 Å². The maximum atomic E-state index is 5.28. The number of fused-ring (bicyclic) bond motifs is 6. The average Bonchev–Trinajstić information content (AvgIpc) is 3.10. The predicted molar refractivity (Wildman–Crippen MR) is 180 cm³/mol. The summed E-state index contributed by atoms with van der Waals surface area (Å²) in [4.78, 5) is 24.3. The molecule has 44 heavy (non-hydrogen) atoms. The largest absolute Gasteiger partial charge is 0.309 e. The van der Waals surface area contributed by atoms with E-state index < -0.39 is 0 Å². The summed E-state index contributed by atoms with van der Waals surface area (Å²) in [6, 6.07) is 47.5. The lowest BCUT2D eigenvalue weighted by molar-refractivity contribution is 1.20. The summed E-state index contributed by atoms with van der Waals surface area (Å²) < 4.78 is 0. The zero-order valence-corrected chi connectivity index (χ0v) is 23.7. The minimum absolute atomic E-state index is 0.778. The van der Waals surface area contributed by atoms with Gasteiger partial charge in [0.05, 0.1) is 28.4 Å². The molecular weight excluding hydrogens is 540 g/mol. The van der Waals surface area contributed by atoms with Crippen molar-refractivity contribution in [2.45, 2.75) is 0 Å². The van der Waals surface area contributed by atoms with Gasteiger partial charge in [-0.25, -0.2) is 4.98 Å². The fourth-order valence-corrected chi connectivity index (χ4v) is 5.79. The highest BCUT2D eigenvalue weighted by atomic mass is 15.2. The van der Waals surface area contributed by atoms with E-state index in [-0.39, 0.29) is 0 Å². The lowest BCUT2D eigenvalue weighted by atomic mass is 10.1. The van der Waals surface area contributed by atoms with Crippen LogP contribution in [-0.2, 0) is 0 Å². The molecule has 5 aromatic carbocycles. The molecule has 0 aliphatic carbocycles. The minimum Gasteiger partial charge on any atom is -0.309 e. The van der Waals surface area contributed by atoms with Crippen LogP contribution in [0.15, 0.2) is 158 Å². The van der Waals surface area contributed by atoms with Crippen molar-refractivity contribution in [1.29, 1.82) is 0 Å². The predicted octanol–water partition coefficient (Wildman–Crippen LogP) is 9.67. The number of hydrogen-bond donors (Lipinski definition) is 0. The van der Waals surface area contributed by atoms with E-state index in [0.29, 0.717) is 0 Å². The summed E-state index contributed by atoms with van der Waals surface area (Å²) >= 11 is 0. The van der Waals surface area contributed by atoms with E-state index >= 15 is 0 Å². The summed E-state index contributed by atoms with van der Waals surface area (Å²) in [5.74, 6) is 0.792. The summed E-state index contributed by atoms with van der Waals surface area (Å²) in [5.41, 5.74) is 8.19. The third-order valence-electron chi connectivity index (χ3n) is 7.73. The van der Waals surface area contributed by atoms with Gasteiger partial charge in [-0.3, -0.25) is 19.9 Å². The lowest BCUT2D eigenvalue weighted by Gasteiger charge is -2.26. The number of nitrogens with zero attached hydrogens (tertiary/aromatic N) is 6. The third kappa shape index (κ3) is 4.46. The number of rotatable bonds is 6. The molecular formula is C38H26N6. The number of aromatic nitrogens is 4. The van der Waals surface area contributed by atoms with E-state index in [2.05, 4.69) is 70.5 Å². The molecule has 0 amide bonds. The first-order chi connectivity index (χ1) is 21.8. The van der Waals surface area contributed by atoms with Crippen LogP contribution >= 0.6 is 0 Å². The summed E-state index contributed by atoms with van der Waals surface area (Å²) in [5, 5.41) is 1.80. The van der Waals surface area contributed by atoms with E-state index in [0.717, 1.165) is 67.1 Å². The quantitative estimate of drug-likeness (QED) is 0.187. The molecule has 8 aromatic rings. The second-order valence-corrected chi connectivity index (χ2v) is 10.4. The van der Waals surface area contributed by atoms with Crippen LogP contribution in [-0.4, -0.2) is 19.9 Å². The van der Waals surface area contributed by atoms with Crippen LogP contribution in [0.5, 0.6) is 0 Å². The SMILES string of the molecule is c1ccc(N(c2ccccc2)c2cnc3c(c2)c2nccnc2c2ccc(N(c4ccccc4)c4ccccc4)nc23)cc1. The molecule has 0 bridgehead atoms. The molecule has 0 spiro atoms. The van der Waals surface area contributed by atoms with Gasteiger partial charge in [0, 0.05) is 45.9 Å². The van der Waals surface area contributed by atoms with Crippen LogP contribution in [0.25, 0.3) is 32.8 Å². The zero-order valence-electron chi connectivity index (χ0n) is 23.7. The highest BCUT2D eigenvalue weighted by molar-refractivity contribution is 6.21. The van der Waals surface area contributed by atoms with Gasteiger partial charge in [-0.2, -0.15) is 0 Å². The Kier molecular flexibility index (Phi) is 6.35. The number of para-hydroxylation sites is 4. The van der Waals surface area contributed by atoms with E-state index in [9.17, 15) is 0 Å². The first-order valence-corrected chi connectivity index (χ1v) is 14.5. The van der Waals surface area contributed by atoms with Crippen LogP contribution < -0.4 is 9.80 Å². The molecule has 0 unspecified atom stereocenters. The molecule has 0 radical (unpaired) electrons. The Hall–Kier alpha value is -6.14. The second-order valence-electron chi connectivity index (χ2n) is 10.4. The van der Waals surface area contributed by atoms with Gasteiger partial charge in [-0.1, -0.05) is 72.8 Å². The zero-order chi connectivity index (χ0) is 29.3.